The zero-order valence-corrected chi connectivity index (χ0v) is 18.8. The van der Waals surface area contributed by atoms with Gasteiger partial charge in [0.2, 0.25) is 0 Å². The lowest BCUT2D eigenvalue weighted by Crippen LogP contribution is -2.39. The van der Waals surface area contributed by atoms with Crippen LogP contribution in [0.15, 0.2) is 48.5 Å². The second-order valence-electron chi connectivity index (χ2n) is 7.72. The predicted octanol–water partition coefficient (Wildman–Crippen LogP) is 4.29. The molecule has 0 fully saturated rings. The van der Waals surface area contributed by atoms with E-state index in [4.69, 9.17) is 14.2 Å². The number of benzene rings is 2. The highest BCUT2D eigenvalue weighted by Gasteiger charge is 2.22. The van der Waals surface area contributed by atoms with Crippen molar-refractivity contribution in [1.29, 1.82) is 0 Å². The number of ether oxygens (including phenoxy) is 3. The van der Waals surface area contributed by atoms with Crippen molar-refractivity contribution >= 4 is 17.3 Å². The van der Waals surface area contributed by atoms with Crippen molar-refractivity contribution in [1.82, 2.24) is 0 Å². The predicted molar refractivity (Wildman–Crippen MR) is 124 cm³/mol. The Hall–Kier alpha value is -2.73. The van der Waals surface area contributed by atoms with Crippen LogP contribution in [-0.4, -0.2) is 51.0 Å². The normalized spacial score (nSPS) is 16.2. The molecular weight excluding hydrogens is 392 g/mol. The Kier molecular flexibility index (Phi) is 8.59. The highest BCUT2D eigenvalue weighted by atomic mass is 16.6. The summed E-state index contributed by atoms with van der Waals surface area (Å²) in [6.45, 7) is 9.42. The monoisotopic (exact) mass is 426 g/mol. The van der Waals surface area contributed by atoms with Crippen LogP contribution in [0.5, 0.6) is 5.75 Å². The summed E-state index contributed by atoms with van der Waals surface area (Å²) < 4.78 is 16.6. The number of carbonyl (C=O) groups is 1. The highest BCUT2D eigenvalue weighted by molar-refractivity contribution is 5.75. The van der Waals surface area contributed by atoms with Crippen molar-refractivity contribution in [2.75, 3.05) is 43.1 Å². The fourth-order valence-corrected chi connectivity index (χ4v) is 3.81. The molecule has 31 heavy (non-hydrogen) atoms. The van der Waals surface area contributed by atoms with E-state index in [1.54, 1.807) is 6.92 Å². The summed E-state index contributed by atoms with van der Waals surface area (Å²) in [7, 11) is 0. The van der Waals surface area contributed by atoms with Crippen LogP contribution in [0.2, 0.25) is 0 Å². The number of anilines is 2. The number of nitrogens with zero attached hydrogens (tertiary/aromatic N) is 1. The van der Waals surface area contributed by atoms with Crippen molar-refractivity contribution in [3.05, 3.63) is 54.1 Å². The number of fused-ring (bicyclic) bond motifs is 1. The van der Waals surface area contributed by atoms with Gasteiger partial charge in [0.15, 0.2) is 6.10 Å². The smallest absolute Gasteiger partial charge is 0.335 e. The molecule has 0 amide bonds. The lowest BCUT2D eigenvalue weighted by Gasteiger charge is -2.35. The molecule has 0 saturated heterocycles. The summed E-state index contributed by atoms with van der Waals surface area (Å²) in [6, 6.07) is 16.4. The van der Waals surface area contributed by atoms with Crippen molar-refractivity contribution in [3.8, 4) is 5.75 Å². The molecule has 6 nitrogen and oxygen atoms in total. The van der Waals surface area contributed by atoms with Crippen LogP contribution in [0, 0.1) is 0 Å². The molecular formula is C25H34N2O4. The SMILES string of the molecule is CCOC(=O)C(Cc1ccc(NCCCN2CC(C)Oc3ccccc32)cc1)OCC. The number of nitrogens with one attached hydrogen (secondary N) is 1. The maximum atomic E-state index is 12.0. The summed E-state index contributed by atoms with van der Waals surface area (Å²) >= 11 is 0. The van der Waals surface area contributed by atoms with Crippen LogP contribution >= 0.6 is 0 Å². The molecule has 0 aliphatic carbocycles. The molecule has 0 saturated carbocycles. The van der Waals surface area contributed by atoms with E-state index in [0.29, 0.717) is 19.6 Å². The van der Waals surface area contributed by atoms with E-state index < -0.39 is 6.10 Å². The summed E-state index contributed by atoms with van der Waals surface area (Å²) in [5.41, 5.74) is 3.30. The molecule has 0 spiro atoms. The van der Waals surface area contributed by atoms with E-state index in [1.165, 1.54) is 5.69 Å². The minimum absolute atomic E-state index is 0.200. The van der Waals surface area contributed by atoms with Crippen molar-refractivity contribution in [2.45, 2.75) is 45.8 Å². The fraction of sp³-hybridized carbons (Fsp3) is 0.480. The number of hydrogen-bond acceptors (Lipinski definition) is 6. The molecule has 2 aromatic carbocycles. The summed E-state index contributed by atoms with van der Waals surface area (Å²) in [5.74, 6) is 0.670. The molecule has 0 radical (unpaired) electrons. The lowest BCUT2D eigenvalue weighted by atomic mass is 10.1. The quantitative estimate of drug-likeness (QED) is 0.427. The van der Waals surface area contributed by atoms with E-state index in [2.05, 4.69) is 41.4 Å². The maximum Gasteiger partial charge on any atom is 0.335 e. The summed E-state index contributed by atoms with van der Waals surface area (Å²) in [6.07, 6.45) is 1.19. The van der Waals surface area contributed by atoms with Crippen LogP contribution in [0.1, 0.15) is 32.8 Å². The van der Waals surface area contributed by atoms with Gasteiger partial charge in [-0.1, -0.05) is 24.3 Å². The van der Waals surface area contributed by atoms with E-state index >= 15 is 0 Å². The molecule has 2 unspecified atom stereocenters. The average molecular weight is 427 g/mol. The van der Waals surface area contributed by atoms with E-state index in [1.807, 2.05) is 31.2 Å². The summed E-state index contributed by atoms with van der Waals surface area (Å²) in [4.78, 5) is 14.4. The first kappa shape index (κ1) is 22.9. The van der Waals surface area contributed by atoms with Gasteiger partial charge in [-0.15, -0.1) is 0 Å². The van der Waals surface area contributed by atoms with Crippen LogP contribution in [0.4, 0.5) is 11.4 Å². The van der Waals surface area contributed by atoms with Gasteiger partial charge in [-0.25, -0.2) is 4.79 Å². The lowest BCUT2D eigenvalue weighted by molar-refractivity contribution is -0.156. The third-order valence-corrected chi connectivity index (χ3v) is 5.24. The van der Waals surface area contributed by atoms with E-state index in [-0.39, 0.29) is 12.1 Å². The Balaban J connectivity index is 1.46. The molecule has 3 rings (SSSR count). The minimum atomic E-state index is -0.553. The molecule has 6 heteroatoms. The van der Waals surface area contributed by atoms with Gasteiger partial charge in [0.25, 0.3) is 0 Å². The second kappa shape index (κ2) is 11.6. The van der Waals surface area contributed by atoms with Crippen LogP contribution in [-0.2, 0) is 20.7 Å². The third-order valence-electron chi connectivity index (χ3n) is 5.24. The van der Waals surface area contributed by atoms with Gasteiger partial charge in [0.1, 0.15) is 11.9 Å². The molecule has 2 atom stereocenters. The molecule has 0 bridgehead atoms. The van der Waals surface area contributed by atoms with Gasteiger partial charge in [0, 0.05) is 31.8 Å². The zero-order chi connectivity index (χ0) is 22.1. The first-order chi connectivity index (χ1) is 15.1. The first-order valence-corrected chi connectivity index (χ1v) is 11.2. The molecule has 1 aliphatic rings. The molecule has 1 heterocycles. The number of carbonyl (C=O) groups excluding carboxylic acids is 1. The van der Waals surface area contributed by atoms with Gasteiger partial charge in [-0.2, -0.15) is 0 Å². The van der Waals surface area contributed by atoms with Gasteiger partial charge in [0.05, 0.1) is 18.8 Å². The average Bonchev–Trinajstić information content (AvgIpc) is 2.77. The van der Waals surface area contributed by atoms with Crippen LogP contribution < -0.4 is 15.0 Å². The second-order valence-corrected chi connectivity index (χ2v) is 7.72. The maximum absolute atomic E-state index is 12.0. The van der Waals surface area contributed by atoms with Gasteiger partial charge in [-0.3, -0.25) is 0 Å². The van der Waals surface area contributed by atoms with E-state index in [0.717, 1.165) is 43.1 Å². The van der Waals surface area contributed by atoms with Crippen LogP contribution in [0.25, 0.3) is 0 Å². The molecule has 1 aliphatic heterocycles. The molecule has 0 aromatic heterocycles. The zero-order valence-electron chi connectivity index (χ0n) is 18.8. The number of rotatable bonds is 11. The van der Waals surface area contributed by atoms with Gasteiger partial charge < -0.3 is 24.4 Å². The minimum Gasteiger partial charge on any atom is -0.487 e. The Morgan fingerprint density at radius 2 is 1.94 bits per heavy atom. The van der Waals surface area contributed by atoms with Crippen molar-refractivity contribution in [2.24, 2.45) is 0 Å². The number of para-hydroxylation sites is 2. The number of esters is 1. The standard InChI is InChI=1S/C25H34N2O4/c1-4-29-24(25(28)30-5-2)17-20-11-13-21(14-12-20)26-15-8-16-27-18-19(3)31-23-10-7-6-9-22(23)27/h6-7,9-14,19,24,26H,4-5,8,15-18H2,1-3H3. The highest BCUT2D eigenvalue weighted by Crippen LogP contribution is 2.32. The molecule has 2 aromatic rings. The van der Waals surface area contributed by atoms with Crippen molar-refractivity contribution < 1.29 is 19.0 Å². The Morgan fingerprint density at radius 1 is 1.16 bits per heavy atom. The van der Waals surface area contributed by atoms with Gasteiger partial charge in [-0.05, 0) is 57.0 Å². The van der Waals surface area contributed by atoms with Crippen LogP contribution in [0.3, 0.4) is 0 Å². The van der Waals surface area contributed by atoms with Crippen molar-refractivity contribution in [3.63, 3.8) is 0 Å². The Morgan fingerprint density at radius 3 is 2.68 bits per heavy atom. The van der Waals surface area contributed by atoms with E-state index in [9.17, 15) is 4.79 Å². The first-order valence-electron chi connectivity index (χ1n) is 11.2. The largest absolute Gasteiger partial charge is 0.487 e. The Bertz CT molecular complexity index is 825. The topological polar surface area (TPSA) is 60.0 Å². The molecule has 168 valence electrons. The number of hydrogen-bond donors (Lipinski definition) is 1. The Labute approximate surface area is 185 Å². The summed E-state index contributed by atoms with van der Waals surface area (Å²) in [5, 5.41) is 3.49. The fourth-order valence-electron chi connectivity index (χ4n) is 3.81. The third kappa shape index (κ3) is 6.62. The molecule has 1 N–H and O–H groups in total. The van der Waals surface area contributed by atoms with Gasteiger partial charge >= 0.3 is 5.97 Å².